The molecule has 0 radical (unpaired) electrons. The predicted molar refractivity (Wildman–Crippen MR) is 74.0 cm³/mol. The molecule has 5 heteroatoms. The van der Waals surface area contributed by atoms with Crippen molar-refractivity contribution in [2.24, 2.45) is 5.84 Å². The average Bonchev–Trinajstić information content (AvgIpc) is 2.46. The third-order valence-electron chi connectivity index (χ3n) is 2.45. The van der Waals surface area contributed by atoms with E-state index in [1.165, 1.54) is 0 Å². The molecule has 0 amide bonds. The standard InChI is InChI=1S/C13H15N3OS/c14-16-13-3-1-2-11(15-13)9-18-12-6-4-10(8-17)5-7-12/h1-7,17H,8-9,14H2,(H,15,16). The molecule has 2 rings (SSSR count). The molecule has 4 nitrogen and oxygen atoms in total. The zero-order chi connectivity index (χ0) is 12.8. The summed E-state index contributed by atoms with van der Waals surface area (Å²) < 4.78 is 0. The number of nitrogens with one attached hydrogen (secondary N) is 1. The van der Waals surface area contributed by atoms with Gasteiger partial charge in [0, 0.05) is 10.6 Å². The van der Waals surface area contributed by atoms with E-state index < -0.39 is 0 Å². The maximum absolute atomic E-state index is 8.96. The summed E-state index contributed by atoms with van der Waals surface area (Å²) in [6.45, 7) is 0.0801. The lowest BCUT2D eigenvalue weighted by Gasteiger charge is -2.04. The summed E-state index contributed by atoms with van der Waals surface area (Å²) in [5.41, 5.74) is 4.43. The maximum Gasteiger partial charge on any atom is 0.140 e. The second-order valence-electron chi connectivity index (χ2n) is 3.75. The molecule has 0 unspecified atom stereocenters. The monoisotopic (exact) mass is 261 g/mol. The molecule has 1 heterocycles. The number of nitrogen functional groups attached to an aromatic ring is 1. The van der Waals surface area contributed by atoms with Gasteiger partial charge in [-0.05, 0) is 29.8 Å². The lowest BCUT2D eigenvalue weighted by Crippen LogP contribution is -2.08. The maximum atomic E-state index is 8.96. The van der Waals surface area contributed by atoms with Crippen LogP contribution in [-0.2, 0) is 12.4 Å². The van der Waals surface area contributed by atoms with Crippen LogP contribution in [0.5, 0.6) is 0 Å². The van der Waals surface area contributed by atoms with Gasteiger partial charge in [-0.25, -0.2) is 10.8 Å². The highest BCUT2D eigenvalue weighted by Crippen LogP contribution is 2.22. The molecular formula is C13H15N3OS. The molecule has 1 aromatic heterocycles. The number of aromatic nitrogens is 1. The van der Waals surface area contributed by atoms with Crippen molar-refractivity contribution in [3.05, 3.63) is 53.7 Å². The van der Waals surface area contributed by atoms with Crippen molar-refractivity contribution >= 4 is 17.6 Å². The molecule has 0 bridgehead atoms. The SMILES string of the molecule is NNc1cccc(CSc2ccc(CO)cc2)n1. The highest BCUT2D eigenvalue weighted by Gasteiger charge is 1.99. The molecule has 0 spiro atoms. The van der Waals surface area contributed by atoms with Crippen molar-refractivity contribution in [1.82, 2.24) is 4.98 Å². The van der Waals surface area contributed by atoms with Crippen LogP contribution in [0.1, 0.15) is 11.3 Å². The molecular weight excluding hydrogens is 246 g/mol. The van der Waals surface area contributed by atoms with E-state index in [0.29, 0.717) is 5.82 Å². The molecule has 0 aliphatic heterocycles. The molecule has 1 aromatic carbocycles. The van der Waals surface area contributed by atoms with Crippen molar-refractivity contribution in [3.8, 4) is 0 Å². The van der Waals surface area contributed by atoms with Gasteiger partial charge in [0.25, 0.3) is 0 Å². The van der Waals surface area contributed by atoms with E-state index in [2.05, 4.69) is 10.4 Å². The number of anilines is 1. The van der Waals surface area contributed by atoms with Crippen molar-refractivity contribution in [2.45, 2.75) is 17.3 Å². The van der Waals surface area contributed by atoms with Gasteiger partial charge in [0.15, 0.2) is 0 Å². The summed E-state index contributed by atoms with van der Waals surface area (Å²) in [6, 6.07) is 13.6. The van der Waals surface area contributed by atoms with Gasteiger partial charge in [0.1, 0.15) is 5.82 Å². The fourth-order valence-electron chi connectivity index (χ4n) is 1.49. The Morgan fingerprint density at radius 3 is 2.61 bits per heavy atom. The quantitative estimate of drug-likeness (QED) is 0.437. The van der Waals surface area contributed by atoms with Crippen molar-refractivity contribution in [1.29, 1.82) is 0 Å². The molecule has 0 fully saturated rings. The summed E-state index contributed by atoms with van der Waals surface area (Å²) in [4.78, 5) is 5.50. The normalized spacial score (nSPS) is 10.3. The van der Waals surface area contributed by atoms with Gasteiger partial charge in [0.05, 0.1) is 12.3 Å². The Kier molecular flexibility index (Phi) is 4.58. The van der Waals surface area contributed by atoms with Crippen LogP contribution in [-0.4, -0.2) is 10.1 Å². The van der Waals surface area contributed by atoms with Crippen molar-refractivity contribution < 1.29 is 5.11 Å². The Morgan fingerprint density at radius 1 is 1.17 bits per heavy atom. The van der Waals surface area contributed by atoms with Gasteiger partial charge in [0.2, 0.25) is 0 Å². The second-order valence-corrected chi connectivity index (χ2v) is 4.80. The fourth-order valence-corrected chi connectivity index (χ4v) is 2.29. The Bertz CT molecular complexity index is 502. The summed E-state index contributed by atoms with van der Waals surface area (Å²) in [5, 5.41) is 8.96. The third-order valence-corrected chi connectivity index (χ3v) is 3.49. The number of benzene rings is 1. The summed E-state index contributed by atoms with van der Waals surface area (Å²) in [7, 11) is 0. The lowest BCUT2D eigenvalue weighted by atomic mass is 10.2. The van der Waals surface area contributed by atoms with Gasteiger partial charge < -0.3 is 10.5 Å². The van der Waals surface area contributed by atoms with E-state index in [1.54, 1.807) is 11.8 Å². The molecule has 0 saturated carbocycles. The van der Waals surface area contributed by atoms with Crippen molar-refractivity contribution in [3.63, 3.8) is 0 Å². The lowest BCUT2D eigenvalue weighted by molar-refractivity contribution is 0.282. The topological polar surface area (TPSA) is 71.2 Å². The highest BCUT2D eigenvalue weighted by atomic mass is 32.2. The molecule has 0 aliphatic carbocycles. The number of aliphatic hydroxyl groups excluding tert-OH is 1. The van der Waals surface area contributed by atoms with Gasteiger partial charge in [-0.15, -0.1) is 11.8 Å². The van der Waals surface area contributed by atoms with Gasteiger partial charge in [-0.2, -0.15) is 0 Å². The van der Waals surface area contributed by atoms with Crippen LogP contribution < -0.4 is 11.3 Å². The smallest absolute Gasteiger partial charge is 0.140 e. The second kappa shape index (κ2) is 6.39. The summed E-state index contributed by atoms with van der Waals surface area (Å²) >= 11 is 1.70. The largest absolute Gasteiger partial charge is 0.392 e. The van der Waals surface area contributed by atoms with E-state index >= 15 is 0 Å². The number of aliphatic hydroxyl groups is 1. The minimum absolute atomic E-state index is 0.0801. The predicted octanol–water partition coefficient (Wildman–Crippen LogP) is 2.15. The zero-order valence-corrected chi connectivity index (χ0v) is 10.7. The van der Waals surface area contributed by atoms with Gasteiger partial charge >= 0.3 is 0 Å². The number of hydrazine groups is 1. The minimum Gasteiger partial charge on any atom is -0.392 e. The molecule has 18 heavy (non-hydrogen) atoms. The van der Waals surface area contributed by atoms with Gasteiger partial charge in [-0.3, -0.25) is 0 Å². The summed E-state index contributed by atoms with van der Waals surface area (Å²) in [5.74, 6) is 6.77. The van der Waals surface area contributed by atoms with Crippen LogP contribution in [0.15, 0.2) is 47.4 Å². The minimum atomic E-state index is 0.0801. The first kappa shape index (κ1) is 12.9. The van der Waals surface area contributed by atoms with Crippen LogP contribution in [0.25, 0.3) is 0 Å². The van der Waals surface area contributed by atoms with Crippen LogP contribution in [0.2, 0.25) is 0 Å². The zero-order valence-electron chi connectivity index (χ0n) is 9.84. The first-order valence-electron chi connectivity index (χ1n) is 5.57. The molecule has 0 atom stereocenters. The number of nitrogens with zero attached hydrogens (tertiary/aromatic N) is 1. The number of hydrogen-bond acceptors (Lipinski definition) is 5. The van der Waals surface area contributed by atoms with Crippen LogP contribution in [0, 0.1) is 0 Å². The molecule has 2 aromatic rings. The Labute approximate surface area is 110 Å². The average molecular weight is 261 g/mol. The van der Waals surface area contributed by atoms with Gasteiger partial charge in [-0.1, -0.05) is 18.2 Å². The number of nitrogens with two attached hydrogens (primary N) is 1. The number of thioether (sulfide) groups is 1. The molecule has 0 aliphatic rings. The number of pyridine rings is 1. The highest BCUT2D eigenvalue weighted by molar-refractivity contribution is 7.98. The molecule has 0 saturated heterocycles. The Hall–Kier alpha value is -1.56. The third kappa shape index (κ3) is 3.46. The Balaban J connectivity index is 1.97. The fraction of sp³-hybridized carbons (Fsp3) is 0.154. The Morgan fingerprint density at radius 2 is 1.94 bits per heavy atom. The molecule has 4 N–H and O–H groups in total. The number of rotatable bonds is 5. The van der Waals surface area contributed by atoms with E-state index in [9.17, 15) is 0 Å². The van der Waals surface area contributed by atoms with E-state index in [-0.39, 0.29) is 6.61 Å². The van der Waals surface area contributed by atoms with Crippen LogP contribution >= 0.6 is 11.8 Å². The van der Waals surface area contributed by atoms with E-state index in [0.717, 1.165) is 21.9 Å². The first-order valence-corrected chi connectivity index (χ1v) is 6.55. The number of hydrogen-bond donors (Lipinski definition) is 3. The first-order chi connectivity index (χ1) is 8.81. The van der Waals surface area contributed by atoms with Crippen LogP contribution in [0.4, 0.5) is 5.82 Å². The van der Waals surface area contributed by atoms with Crippen LogP contribution in [0.3, 0.4) is 0 Å². The van der Waals surface area contributed by atoms with E-state index in [1.807, 2.05) is 42.5 Å². The van der Waals surface area contributed by atoms with E-state index in [4.69, 9.17) is 10.9 Å². The summed E-state index contributed by atoms with van der Waals surface area (Å²) in [6.07, 6.45) is 0. The van der Waals surface area contributed by atoms with Crippen molar-refractivity contribution in [2.75, 3.05) is 5.43 Å². The molecule has 94 valence electrons.